The molecule has 0 saturated heterocycles. The van der Waals surface area contributed by atoms with Gasteiger partial charge in [0.05, 0.1) is 0 Å². The molecule has 0 heterocycles. The van der Waals surface area contributed by atoms with E-state index in [1.807, 2.05) is 30.5 Å². The van der Waals surface area contributed by atoms with Gasteiger partial charge in [-0.1, -0.05) is 36.4 Å². The van der Waals surface area contributed by atoms with Crippen LogP contribution in [-0.2, 0) is 17.8 Å². The quantitative estimate of drug-likeness (QED) is 0.739. The minimum absolute atomic E-state index is 0. The molecule has 0 spiro atoms. The average molecular weight is 383 g/mol. The Hall–Kier alpha value is -1.56. The van der Waals surface area contributed by atoms with E-state index in [2.05, 4.69) is 0 Å². The maximum absolute atomic E-state index is 13.7. The molecule has 3 nitrogen and oxygen atoms in total. The van der Waals surface area contributed by atoms with E-state index >= 15 is 0 Å². The van der Waals surface area contributed by atoms with Gasteiger partial charge in [-0.05, 0) is 35.9 Å². The first-order valence-electron chi connectivity index (χ1n) is 7.86. The summed E-state index contributed by atoms with van der Waals surface area (Å²) >= 11 is 1.66. The van der Waals surface area contributed by atoms with Crippen LogP contribution >= 0.6 is 24.2 Å². The number of hydrogen-bond acceptors (Lipinski definition) is 3. The number of carbonyl (C=O) groups is 1. The summed E-state index contributed by atoms with van der Waals surface area (Å²) in [7, 11) is 1.77. The van der Waals surface area contributed by atoms with Crippen LogP contribution in [0, 0.1) is 5.82 Å². The Balaban J connectivity index is 0.00000312. The van der Waals surface area contributed by atoms with Gasteiger partial charge in [-0.15, -0.1) is 24.2 Å². The van der Waals surface area contributed by atoms with Gasteiger partial charge in [-0.2, -0.15) is 0 Å². The van der Waals surface area contributed by atoms with E-state index in [1.54, 1.807) is 41.9 Å². The van der Waals surface area contributed by atoms with Crippen molar-refractivity contribution < 1.29 is 9.18 Å². The number of hydrogen-bond donors (Lipinski definition) is 1. The zero-order valence-electron chi connectivity index (χ0n) is 14.4. The fourth-order valence-corrected chi connectivity index (χ4v) is 3.19. The summed E-state index contributed by atoms with van der Waals surface area (Å²) in [5.74, 6) is -0.308. The van der Waals surface area contributed by atoms with Crippen molar-refractivity contribution in [1.82, 2.24) is 4.90 Å². The smallest absolute Gasteiger partial charge is 0.224 e. The minimum atomic E-state index is -0.396. The molecule has 1 amide bonds. The number of amides is 1. The van der Waals surface area contributed by atoms with Crippen molar-refractivity contribution in [3.63, 3.8) is 0 Å². The summed E-state index contributed by atoms with van der Waals surface area (Å²) in [5.41, 5.74) is 7.71. The molecule has 0 aliphatic heterocycles. The molecule has 2 aromatic carbocycles. The monoisotopic (exact) mass is 382 g/mol. The summed E-state index contributed by atoms with van der Waals surface area (Å²) in [5, 5.41) is 0. The maximum Gasteiger partial charge on any atom is 0.224 e. The maximum atomic E-state index is 13.7. The molecule has 0 aliphatic carbocycles. The number of thioether (sulfide) groups is 1. The number of carbonyl (C=O) groups excluding carboxylic acids is 1. The third-order valence-electron chi connectivity index (χ3n) is 3.90. The van der Waals surface area contributed by atoms with Gasteiger partial charge < -0.3 is 10.6 Å². The van der Waals surface area contributed by atoms with Crippen LogP contribution in [0.25, 0.3) is 0 Å². The first kappa shape index (κ1) is 21.5. The molecule has 0 aromatic heterocycles. The van der Waals surface area contributed by atoms with E-state index in [-0.39, 0.29) is 30.6 Å². The van der Waals surface area contributed by atoms with Crippen molar-refractivity contribution in [2.24, 2.45) is 5.73 Å². The van der Waals surface area contributed by atoms with Crippen molar-refractivity contribution in [1.29, 1.82) is 0 Å². The van der Waals surface area contributed by atoms with Crippen LogP contribution in [0.1, 0.15) is 17.5 Å². The lowest BCUT2D eigenvalue weighted by atomic mass is 10.0. The van der Waals surface area contributed by atoms with Gasteiger partial charge in [0.2, 0.25) is 5.91 Å². The van der Waals surface area contributed by atoms with Crippen LogP contribution in [0.4, 0.5) is 4.39 Å². The van der Waals surface area contributed by atoms with Crippen LogP contribution in [0.15, 0.2) is 53.4 Å². The molecule has 1 atom stereocenters. The van der Waals surface area contributed by atoms with Crippen LogP contribution in [0.2, 0.25) is 0 Å². The minimum Gasteiger partial charge on any atom is -0.341 e. The summed E-state index contributed by atoms with van der Waals surface area (Å²) in [6.07, 6.45) is 2.57. The van der Waals surface area contributed by atoms with Crippen LogP contribution in [-0.4, -0.2) is 30.2 Å². The molecular formula is C19H24ClFN2OS. The van der Waals surface area contributed by atoms with Crippen molar-refractivity contribution in [2.45, 2.75) is 30.3 Å². The van der Waals surface area contributed by atoms with Crippen molar-refractivity contribution in [3.8, 4) is 0 Å². The first-order valence-corrected chi connectivity index (χ1v) is 9.08. The molecule has 0 bridgehead atoms. The topological polar surface area (TPSA) is 46.3 Å². The van der Waals surface area contributed by atoms with E-state index in [9.17, 15) is 9.18 Å². The lowest BCUT2D eigenvalue weighted by molar-refractivity contribution is -0.130. The second-order valence-corrected chi connectivity index (χ2v) is 6.67. The van der Waals surface area contributed by atoms with Crippen molar-refractivity contribution >= 4 is 30.1 Å². The summed E-state index contributed by atoms with van der Waals surface area (Å²) < 4.78 is 13.7. The molecule has 2 aromatic rings. The molecule has 0 radical (unpaired) electrons. The highest BCUT2D eigenvalue weighted by Gasteiger charge is 2.16. The summed E-state index contributed by atoms with van der Waals surface area (Å²) in [6.45, 7) is 0.544. The SMILES string of the molecule is CSc1ccccc1CN(C)C(=O)C[C@H](N)Cc1ccccc1F.Cl. The Kier molecular flexibility index (Phi) is 8.97. The number of rotatable bonds is 7. The number of nitrogens with zero attached hydrogens (tertiary/aromatic N) is 1. The Morgan fingerprint density at radius 1 is 1.16 bits per heavy atom. The van der Waals surface area contributed by atoms with Crippen LogP contribution < -0.4 is 5.73 Å². The van der Waals surface area contributed by atoms with E-state index in [0.717, 1.165) is 10.5 Å². The lowest BCUT2D eigenvalue weighted by Crippen LogP contribution is -2.34. The standard InChI is InChI=1S/C19H23FN2OS.ClH/c1-22(13-15-8-4-6-10-18(15)24-2)19(23)12-16(21)11-14-7-3-5-9-17(14)20;/h3-10,16H,11-13,21H2,1-2H3;1H/t16-;/m1./s1. The van der Waals surface area contributed by atoms with Crippen molar-refractivity contribution in [2.75, 3.05) is 13.3 Å². The Morgan fingerprint density at radius 3 is 2.40 bits per heavy atom. The van der Waals surface area contributed by atoms with Crippen molar-refractivity contribution in [3.05, 3.63) is 65.5 Å². The molecule has 0 aliphatic rings. The normalized spacial score (nSPS) is 11.5. The third-order valence-corrected chi connectivity index (χ3v) is 4.74. The van der Waals surface area contributed by atoms with Crippen LogP contribution in [0.3, 0.4) is 0 Å². The highest BCUT2D eigenvalue weighted by Crippen LogP contribution is 2.21. The fourth-order valence-electron chi connectivity index (χ4n) is 2.58. The predicted octanol–water partition coefficient (Wildman–Crippen LogP) is 3.89. The lowest BCUT2D eigenvalue weighted by Gasteiger charge is -2.21. The largest absolute Gasteiger partial charge is 0.341 e. The number of nitrogens with two attached hydrogens (primary N) is 1. The Bertz CT molecular complexity index is 699. The summed E-state index contributed by atoms with van der Waals surface area (Å²) in [6, 6.07) is 14.2. The van der Waals surface area contributed by atoms with E-state index < -0.39 is 6.04 Å². The Labute approximate surface area is 159 Å². The highest BCUT2D eigenvalue weighted by molar-refractivity contribution is 7.98. The highest BCUT2D eigenvalue weighted by atomic mass is 35.5. The number of halogens is 2. The van der Waals surface area contributed by atoms with E-state index in [0.29, 0.717) is 18.5 Å². The Morgan fingerprint density at radius 2 is 1.76 bits per heavy atom. The molecule has 6 heteroatoms. The van der Waals surface area contributed by atoms with E-state index in [1.165, 1.54) is 6.07 Å². The predicted molar refractivity (Wildman–Crippen MR) is 105 cm³/mol. The molecule has 0 unspecified atom stereocenters. The molecule has 0 fully saturated rings. The molecule has 0 saturated carbocycles. The van der Waals surface area contributed by atoms with Gasteiger partial charge in [-0.25, -0.2) is 4.39 Å². The van der Waals surface area contributed by atoms with Gasteiger partial charge in [0.25, 0.3) is 0 Å². The second kappa shape index (κ2) is 10.4. The second-order valence-electron chi connectivity index (χ2n) is 5.82. The number of benzene rings is 2. The molecule has 2 N–H and O–H groups in total. The fraction of sp³-hybridized carbons (Fsp3) is 0.316. The zero-order valence-corrected chi connectivity index (χ0v) is 16.1. The van der Waals surface area contributed by atoms with Gasteiger partial charge in [0.15, 0.2) is 0 Å². The van der Waals surface area contributed by atoms with Gasteiger partial charge >= 0.3 is 0 Å². The third kappa shape index (κ3) is 6.34. The molecular weight excluding hydrogens is 359 g/mol. The molecule has 25 heavy (non-hydrogen) atoms. The van der Waals surface area contributed by atoms with E-state index in [4.69, 9.17) is 5.73 Å². The van der Waals surface area contributed by atoms with Gasteiger partial charge in [-0.3, -0.25) is 4.79 Å². The first-order chi connectivity index (χ1) is 11.5. The van der Waals surface area contributed by atoms with Gasteiger partial charge in [0, 0.05) is 31.0 Å². The average Bonchev–Trinajstić information content (AvgIpc) is 2.57. The zero-order chi connectivity index (χ0) is 17.5. The van der Waals surface area contributed by atoms with Crippen LogP contribution in [0.5, 0.6) is 0 Å². The molecule has 136 valence electrons. The summed E-state index contributed by atoms with van der Waals surface area (Å²) in [4.78, 5) is 15.2. The molecule has 2 rings (SSSR count). The van der Waals surface area contributed by atoms with Gasteiger partial charge in [0.1, 0.15) is 5.82 Å².